The van der Waals surface area contributed by atoms with Crippen LogP contribution in [0.4, 0.5) is 5.00 Å². The largest absolute Gasteiger partial charge is 0.477 e. The normalized spacial score (nSPS) is 10.2. The van der Waals surface area contributed by atoms with E-state index in [0.717, 1.165) is 11.3 Å². The van der Waals surface area contributed by atoms with Crippen LogP contribution in [0, 0.1) is 6.92 Å². The number of anilines is 1. The summed E-state index contributed by atoms with van der Waals surface area (Å²) in [6.45, 7) is 1.69. The van der Waals surface area contributed by atoms with Gasteiger partial charge in [-0.1, -0.05) is 0 Å². The number of aromatic nitrogens is 1. The molecule has 2 heterocycles. The van der Waals surface area contributed by atoms with Gasteiger partial charge in [0.1, 0.15) is 9.48 Å². The number of aryl methyl sites for hydroxylation is 1. The summed E-state index contributed by atoms with van der Waals surface area (Å²) in [6, 6.07) is 4.92. The Bertz CT molecular complexity index is 654. The fraction of sp³-hybridized carbons (Fsp3) is 0.0833. The number of thiophene rings is 1. The lowest BCUT2D eigenvalue weighted by molar-refractivity contribution is 0.0701. The van der Waals surface area contributed by atoms with Crippen LogP contribution in [0.1, 0.15) is 25.6 Å². The molecule has 0 spiro atoms. The van der Waals surface area contributed by atoms with E-state index in [2.05, 4.69) is 26.2 Å². The maximum atomic E-state index is 12.0. The number of pyridine rings is 1. The Morgan fingerprint density at radius 3 is 2.79 bits per heavy atom. The van der Waals surface area contributed by atoms with Gasteiger partial charge in [-0.05, 0) is 46.6 Å². The molecular weight excluding hydrogens is 332 g/mol. The Morgan fingerprint density at radius 1 is 1.47 bits per heavy atom. The molecule has 2 aromatic heterocycles. The zero-order valence-electron chi connectivity index (χ0n) is 9.81. The topological polar surface area (TPSA) is 79.3 Å². The number of carbonyl (C=O) groups is 2. The number of carboxylic acids is 1. The van der Waals surface area contributed by atoms with E-state index in [0.29, 0.717) is 20.7 Å². The van der Waals surface area contributed by atoms with Crippen LogP contribution < -0.4 is 5.32 Å². The first-order valence-electron chi connectivity index (χ1n) is 5.24. The second-order valence-corrected chi connectivity index (χ2v) is 5.53. The van der Waals surface area contributed by atoms with Crippen LogP contribution in [0.3, 0.4) is 0 Å². The van der Waals surface area contributed by atoms with E-state index in [4.69, 9.17) is 5.11 Å². The number of carboxylic acid groups (broad SMARTS) is 1. The number of rotatable bonds is 3. The van der Waals surface area contributed by atoms with Gasteiger partial charge in [0.2, 0.25) is 0 Å². The molecule has 0 aliphatic heterocycles. The van der Waals surface area contributed by atoms with Crippen molar-refractivity contribution in [3.63, 3.8) is 0 Å². The van der Waals surface area contributed by atoms with Crippen molar-refractivity contribution < 1.29 is 14.7 Å². The number of carbonyl (C=O) groups excluding carboxylic acids is 1. The molecule has 0 saturated heterocycles. The summed E-state index contributed by atoms with van der Waals surface area (Å²) in [6.07, 6.45) is 1.57. The van der Waals surface area contributed by atoms with Crippen LogP contribution in [0.15, 0.2) is 29.0 Å². The molecule has 2 N–H and O–H groups in total. The average Bonchev–Trinajstić information content (AvgIpc) is 2.70. The number of nitrogens with zero attached hydrogens (tertiary/aromatic N) is 1. The van der Waals surface area contributed by atoms with E-state index in [-0.39, 0.29) is 10.8 Å². The predicted molar refractivity (Wildman–Crippen MR) is 75.9 cm³/mol. The van der Waals surface area contributed by atoms with E-state index >= 15 is 0 Å². The number of hydrogen-bond acceptors (Lipinski definition) is 4. The quantitative estimate of drug-likeness (QED) is 0.841. The third kappa shape index (κ3) is 2.99. The molecule has 0 saturated carbocycles. The van der Waals surface area contributed by atoms with Gasteiger partial charge in [0.25, 0.3) is 5.91 Å². The van der Waals surface area contributed by atoms with E-state index in [9.17, 15) is 9.59 Å². The number of hydrogen-bond donors (Lipinski definition) is 2. The highest BCUT2D eigenvalue weighted by molar-refractivity contribution is 9.10. The zero-order chi connectivity index (χ0) is 14.0. The Morgan fingerprint density at radius 2 is 2.21 bits per heavy atom. The molecular formula is C12H9BrN2O3S. The lowest BCUT2D eigenvalue weighted by Crippen LogP contribution is -2.12. The minimum Gasteiger partial charge on any atom is -0.477 e. The van der Waals surface area contributed by atoms with Crippen molar-refractivity contribution in [1.29, 1.82) is 0 Å². The first-order chi connectivity index (χ1) is 8.99. The van der Waals surface area contributed by atoms with E-state index in [1.54, 1.807) is 31.3 Å². The van der Waals surface area contributed by atoms with E-state index < -0.39 is 5.97 Å². The summed E-state index contributed by atoms with van der Waals surface area (Å²) in [7, 11) is 0. The summed E-state index contributed by atoms with van der Waals surface area (Å²) < 4.78 is 0.444. The van der Waals surface area contributed by atoms with Gasteiger partial charge in [0, 0.05) is 6.20 Å². The zero-order valence-corrected chi connectivity index (χ0v) is 12.2. The fourth-order valence-corrected chi connectivity index (χ4v) is 2.83. The molecule has 5 nitrogen and oxygen atoms in total. The summed E-state index contributed by atoms with van der Waals surface area (Å²) in [5.74, 6) is -1.33. The highest BCUT2D eigenvalue weighted by Crippen LogP contribution is 2.27. The van der Waals surface area contributed by atoms with Gasteiger partial charge >= 0.3 is 5.97 Å². The Labute approximate surface area is 121 Å². The summed E-state index contributed by atoms with van der Waals surface area (Å²) in [5.41, 5.74) is 1.02. The second-order valence-electron chi connectivity index (χ2n) is 3.72. The third-order valence-corrected chi connectivity index (χ3v) is 4.12. The maximum absolute atomic E-state index is 12.0. The first kappa shape index (κ1) is 13.7. The summed E-state index contributed by atoms with van der Waals surface area (Å²) in [4.78, 5) is 27.1. The third-order valence-electron chi connectivity index (χ3n) is 2.35. The molecule has 2 rings (SSSR count). The van der Waals surface area contributed by atoms with Crippen molar-refractivity contribution >= 4 is 44.1 Å². The highest BCUT2D eigenvalue weighted by Gasteiger charge is 2.15. The number of amides is 1. The molecule has 0 aliphatic rings. The Hall–Kier alpha value is -1.73. The average molecular weight is 341 g/mol. The number of halogens is 1. The smallest absolute Gasteiger partial charge is 0.346 e. The molecule has 0 bridgehead atoms. The second kappa shape index (κ2) is 5.50. The summed E-state index contributed by atoms with van der Waals surface area (Å²) >= 11 is 4.22. The van der Waals surface area contributed by atoms with Crippen molar-refractivity contribution in [2.75, 3.05) is 5.32 Å². The molecule has 1 amide bonds. The van der Waals surface area contributed by atoms with Crippen molar-refractivity contribution in [3.8, 4) is 0 Å². The maximum Gasteiger partial charge on any atom is 0.346 e. The molecule has 0 unspecified atom stereocenters. The van der Waals surface area contributed by atoms with Crippen molar-refractivity contribution in [2.24, 2.45) is 0 Å². The minimum atomic E-state index is -0.995. The first-order valence-corrected chi connectivity index (χ1v) is 6.85. The Kier molecular flexibility index (Phi) is 3.96. The lowest BCUT2D eigenvalue weighted by atomic mass is 10.2. The molecule has 0 radical (unpaired) electrons. The molecule has 0 fully saturated rings. The van der Waals surface area contributed by atoms with Gasteiger partial charge in [0.15, 0.2) is 0 Å². The molecule has 0 aliphatic carbocycles. The lowest BCUT2D eigenvalue weighted by Gasteiger charge is -2.03. The van der Waals surface area contributed by atoms with Gasteiger partial charge in [-0.25, -0.2) is 9.78 Å². The molecule has 2 aromatic rings. The highest BCUT2D eigenvalue weighted by atomic mass is 79.9. The van der Waals surface area contributed by atoms with Crippen molar-refractivity contribution in [2.45, 2.75) is 6.92 Å². The summed E-state index contributed by atoms with van der Waals surface area (Å²) in [5, 5.41) is 12.1. The monoisotopic (exact) mass is 340 g/mol. The minimum absolute atomic E-state index is 0.223. The van der Waals surface area contributed by atoms with Gasteiger partial charge in [-0.3, -0.25) is 4.79 Å². The van der Waals surface area contributed by atoms with Gasteiger partial charge in [-0.15, -0.1) is 11.3 Å². The Balaban J connectivity index is 2.22. The molecule has 0 atom stereocenters. The molecule has 19 heavy (non-hydrogen) atoms. The van der Waals surface area contributed by atoms with Crippen LogP contribution >= 0.6 is 27.3 Å². The SMILES string of the molecule is Cc1cc(NC(=O)c2cccnc2Br)sc1C(=O)O. The van der Waals surface area contributed by atoms with Gasteiger partial charge in [0.05, 0.1) is 10.6 Å². The van der Waals surface area contributed by atoms with Crippen LogP contribution in [0.25, 0.3) is 0 Å². The molecule has 7 heteroatoms. The van der Waals surface area contributed by atoms with E-state index in [1.807, 2.05) is 0 Å². The van der Waals surface area contributed by atoms with Gasteiger partial charge in [-0.2, -0.15) is 0 Å². The molecule has 98 valence electrons. The van der Waals surface area contributed by atoms with Crippen LogP contribution in [-0.2, 0) is 0 Å². The van der Waals surface area contributed by atoms with E-state index in [1.165, 1.54) is 0 Å². The van der Waals surface area contributed by atoms with Crippen LogP contribution in [-0.4, -0.2) is 22.0 Å². The van der Waals surface area contributed by atoms with Crippen LogP contribution in [0.5, 0.6) is 0 Å². The standard InChI is InChI=1S/C12H9BrN2O3S/c1-6-5-8(19-9(6)12(17)18)15-11(16)7-3-2-4-14-10(7)13/h2-5H,1H3,(H,15,16)(H,17,18). The predicted octanol–water partition coefficient (Wildman–Crippen LogP) is 3.16. The fourth-order valence-electron chi connectivity index (χ4n) is 1.49. The van der Waals surface area contributed by atoms with Gasteiger partial charge < -0.3 is 10.4 Å². The number of nitrogens with one attached hydrogen (secondary N) is 1. The van der Waals surface area contributed by atoms with Crippen molar-refractivity contribution in [1.82, 2.24) is 4.98 Å². The molecule has 0 aromatic carbocycles. The van der Waals surface area contributed by atoms with Crippen LogP contribution in [0.2, 0.25) is 0 Å². The van der Waals surface area contributed by atoms with Crippen molar-refractivity contribution in [3.05, 3.63) is 45.0 Å². The number of aromatic carboxylic acids is 1.